The van der Waals surface area contributed by atoms with Gasteiger partial charge in [-0.05, 0) is 24.8 Å². The van der Waals surface area contributed by atoms with E-state index in [2.05, 4.69) is 30.4 Å². The van der Waals surface area contributed by atoms with E-state index < -0.39 is 0 Å². The second kappa shape index (κ2) is 2.45. The Morgan fingerprint density at radius 3 is 3.20 bits per heavy atom. The first-order valence-corrected chi connectivity index (χ1v) is 4.02. The Morgan fingerprint density at radius 1 is 1.30 bits per heavy atom. The first-order chi connectivity index (χ1) is 4.97. The molecule has 0 heterocycles. The van der Waals surface area contributed by atoms with E-state index >= 15 is 0 Å². The van der Waals surface area contributed by atoms with Gasteiger partial charge in [0, 0.05) is 5.92 Å². The average Bonchev–Trinajstić information content (AvgIpc) is 2.05. The molecule has 2 rings (SSSR count). The fraction of sp³-hybridized carbons (Fsp3) is 0.400. The Bertz CT molecular complexity index is 206. The Kier molecular flexibility index (Phi) is 1.46. The van der Waals surface area contributed by atoms with Gasteiger partial charge in [0.15, 0.2) is 0 Å². The molecule has 1 unspecified atom stereocenters. The topological polar surface area (TPSA) is 0 Å². The van der Waals surface area contributed by atoms with Crippen LogP contribution in [0.2, 0.25) is 0 Å². The number of fused-ring (bicyclic) bond motifs is 1. The van der Waals surface area contributed by atoms with Gasteiger partial charge in [0.25, 0.3) is 0 Å². The molecule has 0 fully saturated rings. The Balaban J connectivity index is 2.27. The van der Waals surface area contributed by atoms with Crippen LogP contribution in [-0.4, -0.2) is 0 Å². The van der Waals surface area contributed by atoms with Crippen LogP contribution in [0.5, 0.6) is 0 Å². The summed E-state index contributed by atoms with van der Waals surface area (Å²) in [4.78, 5) is 0. The molecule has 0 N–H and O–H groups in total. The van der Waals surface area contributed by atoms with Crippen molar-refractivity contribution < 1.29 is 0 Å². The van der Waals surface area contributed by atoms with E-state index in [0.717, 1.165) is 5.92 Å². The third kappa shape index (κ3) is 0.942. The van der Waals surface area contributed by atoms with Crippen molar-refractivity contribution in [2.45, 2.75) is 19.3 Å². The molecular weight excluding hydrogens is 120 g/mol. The molecule has 0 aliphatic heterocycles. The molecule has 10 heavy (non-hydrogen) atoms. The lowest BCUT2D eigenvalue weighted by molar-refractivity contribution is 0.607. The van der Waals surface area contributed by atoms with Crippen LogP contribution in [0.1, 0.15) is 19.3 Å². The van der Waals surface area contributed by atoms with E-state index in [1.807, 2.05) is 0 Å². The van der Waals surface area contributed by atoms with Crippen molar-refractivity contribution >= 4 is 0 Å². The van der Waals surface area contributed by atoms with Gasteiger partial charge < -0.3 is 0 Å². The zero-order valence-electron chi connectivity index (χ0n) is 6.09. The van der Waals surface area contributed by atoms with Gasteiger partial charge >= 0.3 is 0 Å². The van der Waals surface area contributed by atoms with E-state index in [-0.39, 0.29) is 0 Å². The van der Waals surface area contributed by atoms with Crippen molar-refractivity contribution in [3.8, 4) is 0 Å². The smallest absolute Gasteiger partial charge is 0.00180 e. The van der Waals surface area contributed by atoms with Crippen molar-refractivity contribution in [3.05, 3.63) is 36.0 Å². The molecule has 0 amide bonds. The number of rotatable bonds is 0. The highest BCUT2D eigenvalue weighted by molar-refractivity contribution is 5.33. The molecule has 0 nitrogen and oxygen atoms in total. The molecule has 0 aromatic carbocycles. The molecule has 0 saturated heterocycles. The van der Waals surface area contributed by atoms with Gasteiger partial charge in [-0.3, -0.25) is 0 Å². The average molecular weight is 132 g/mol. The Hall–Kier alpha value is -0.780. The summed E-state index contributed by atoms with van der Waals surface area (Å²) in [5.41, 5.74) is 1.54. The zero-order chi connectivity index (χ0) is 6.81. The third-order valence-electron chi connectivity index (χ3n) is 2.27. The van der Waals surface area contributed by atoms with Crippen LogP contribution in [0.25, 0.3) is 0 Å². The maximum absolute atomic E-state index is 2.37. The summed E-state index contributed by atoms with van der Waals surface area (Å²) < 4.78 is 0. The first-order valence-electron chi connectivity index (χ1n) is 4.02. The Morgan fingerprint density at radius 2 is 2.30 bits per heavy atom. The van der Waals surface area contributed by atoms with E-state index in [4.69, 9.17) is 0 Å². The summed E-state index contributed by atoms with van der Waals surface area (Å²) in [5, 5.41) is 0. The summed E-state index contributed by atoms with van der Waals surface area (Å²) in [6, 6.07) is 0. The molecule has 52 valence electrons. The molecule has 0 spiro atoms. The molecular formula is C10H12. The summed E-state index contributed by atoms with van der Waals surface area (Å²) in [7, 11) is 0. The minimum atomic E-state index is 0.749. The molecule has 2 aliphatic carbocycles. The quantitative estimate of drug-likeness (QED) is 0.475. The van der Waals surface area contributed by atoms with Crippen molar-refractivity contribution in [1.29, 1.82) is 0 Å². The number of allylic oxidation sites excluding steroid dienone is 6. The lowest BCUT2D eigenvalue weighted by Gasteiger charge is -2.20. The molecule has 1 atom stereocenters. The minimum absolute atomic E-state index is 0.749. The van der Waals surface area contributed by atoms with Crippen LogP contribution in [0.15, 0.2) is 36.0 Å². The number of hydrogen-bond acceptors (Lipinski definition) is 0. The molecule has 0 saturated carbocycles. The van der Waals surface area contributed by atoms with Crippen molar-refractivity contribution in [2.24, 2.45) is 5.92 Å². The summed E-state index contributed by atoms with van der Waals surface area (Å²) in [5.74, 6) is 0.749. The first kappa shape index (κ1) is 5.96. The normalized spacial score (nSPS) is 29.6. The van der Waals surface area contributed by atoms with Crippen molar-refractivity contribution in [3.63, 3.8) is 0 Å². The van der Waals surface area contributed by atoms with Gasteiger partial charge in [0.05, 0.1) is 0 Å². The summed E-state index contributed by atoms with van der Waals surface area (Å²) in [6.07, 6.45) is 15.2. The maximum atomic E-state index is 2.37. The monoisotopic (exact) mass is 132 g/mol. The Labute approximate surface area is 61.9 Å². The lowest BCUT2D eigenvalue weighted by Crippen LogP contribution is -2.05. The van der Waals surface area contributed by atoms with Gasteiger partial charge in [-0.1, -0.05) is 30.4 Å². The standard InChI is InChI=1S/C10H12/c1-2-6-10-8-4-3-7-9(10)5-1/h1-2,5-7,10H,3-4,8H2. The van der Waals surface area contributed by atoms with Gasteiger partial charge in [-0.15, -0.1) is 0 Å². The van der Waals surface area contributed by atoms with E-state index in [0.29, 0.717) is 0 Å². The molecule has 0 bridgehead atoms. The summed E-state index contributed by atoms with van der Waals surface area (Å²) >= 11 is 0. The van der Waals surface area contributed by atoms with Gasteiger partial charge in [-0.25, -0.2) is 0 Å². The minimum Gasteiger partial charge on any atom is -0.0807 e. The predicted octanol–water partition coefficient (Wildman–Crippen LogP) is 2.84. The fourth-order valence-electron chi connectivity index (χ4n) is 1.69. The largest absolute Gasteiger partial charge is 0.0807 e. The second-order valence-electron chi connectivity index (χ2n) is 2.99. The molecule has 0 aromatic rings. The van der Waals surface area contributed by atoms with Crippen LogP contribution in [0, 0.1) is 5.92 Å². The van der Waals surface area contributed by atoms with Crippen LogP contribution >= 0.6 is 0 Å². The van der Waals surface area contributed by atoms with Crippen molar-refractivity contribution in [1.82, 2.24) is 0 Å². The SMILES string of the molecule is C1=CC2=CCCCC2C=C1. The molecule has 0 radical (unpaired) electrons. The zero-order valence-corrected chi connectivity index (χ0v) is 6.09. The highest BCUT2D eigenvalue weighted by Crippen LogP contribution is 2.28. The lowest BCUT2D eigenvalue weighted by atomic mass is 9.85. The third-order valence-corrected chi connectivity index (χ3v) is 2.27. The molecule has 0 aromatic heterocycles. The highest BCUT2D eigenvalue weighted by Gasteiger charge is 2.13. The predicted molar refractivity (Wildman–Crippen MR) is 43.7 cm³/mol. The number of hydrogen-bond donors (Lipinski definition) is 0. The van der Waals surface area contributed by atoms with Crippen molar-refractivity contribution in [2.75, 3.05) is 0 Å². The van der Waals surface area contributed by atoms with E-state index in [1.165, 1.54) is 24.8 Å². The fourth-order valence-corrected chi connectivity index (χ4v) is 1.69. The molecule has 0 heteroatoms. The second-order valence-corrected chi connectivity index (χ2v) is 2.99. The van der Waals surface area contributed by atoms with Crippen LogP contribution in [0.3, 0.4) is 0 Å². The van der Waals surface area contributed by atoms with Gasteiger partial charge in [0.1, 0.15) is 0 Å². The molecule has 2 aliphatic rings. The van der Waals surface area contributed by atoms with E-state index in [1.54, 1.807) is 0 Å². The highest BCUT2D eigenvalue weighted by atomic mass is 14.2. The van der Waals surface area contributed by atoms with Crippen LogP contribution in [-0.2, 0) is 0 Å². The van der Waals surface area contributed by atoms with Gasteiger partial charge in [-0.2, -0.15) is 0 Å². The van der Waals surface area contributed by atoms with Gasteiger partial charge in [0.2, 0.25) is 0 Å². The van der Waals surface area contributed by atoms with Crippen LogP contribution in [0.4, 0.5) is 0 Å². The summed E-state index contributed by atoms with van der Waals surface area (Å²) in [6.45, 7) is 0. The van der Waals surface area contributed by atoms with E-state index in [9.17, 15) is 0 Å². The van der Waals surface area contributed by atoms with Crippen LogP contribution < -0.4 is 0 Å². The maximum Gasteiger partial charge on any atom is 0.00180 e.